The van der Waals surface area contributed by atoms with E-state index in [1.165, 1.54) is 57.8 Å². The van der Waals surface area contributed by atoms with Gasteiger partial charge in [0.1, 0.15) is 13.2 Å². The first-order valence-corrected chi connectivity index (χ1v) is 30.8. The average Bonchev–Trinajstić information content (AvgIpc) is 3.42. The van der Waals surface area contributed by atoms with Crippen LogP contribution in [0.25, 0.3) is 0 Å². The first-order chi connectivity index (χ1) is 37.5. The fourth-order valence-electron chi connectivity index (χ4n) is 7.98. The van der Waals surface area contributed by atoms with Crippen molar-refractivity contribution in [3.63, 3.8) is 0 Å². The highest BCUT2D eigenvalue weighted by Gasteiger charge is 2.19. The first-order valence-electron chi connectivity index (χ1n) is 30.8. The number of allylic oxidation sites excluding steroid dienone is 24. The molecule has 0 saturated heterocycles. The molecule has 0 amide bonds. The third-order valence-electron chi connectivity index (χ3n) is 12.6. The van der Waals surface area contributed by atoms with Crippen LogP contribution in [0.1, 0.15) is 258 Å². The van der Waals surface area contributed by atoms with Crippen molar-refractivity contribution in [3.8, 4) is 0 Å². The molecule has 428 valence electrons. The van der Waals surface area contributed by atoms with Gasteiger partial charge in [-0.05, 0) is 135 Å². The number of hydrogen-bond acceptors (Lipinski definition) is 6. The Hall–Kier alpha value is -4.71. The van der Waals surface area contributed by atoms with Crippen LogP contribution in [0.15, 0.2) is 146 Å². The lowest BCUT2D eigenvalue weighted by molar-refractivity contribution is -0.167. The number of rotatable bonds is 54. The molecule has 0 aliphatic heterocycles. The molecule has 0 N–H and O–H groups in total. The van der Waals surface area contributed by atoms with Gasteiger partial charge in [0.25, 0.3) is 0 Å². The van der Waals surface area contributed by atoms with E-state index in [9.17, 15) is 14.4 Å². The highest BCUT2D eigenvalue weighted by atomic mass is 16.6. The van der Waals surface area contributed by atoms with Gasteiger partial charge in [0.05, 0.1) is 0 Å². The molecule has 0 rings (SSSR count). The van der Waals surface area contributed by atoms with E-state index in [0.29, 0.717) is 19.3 Å². The molecule has 6 nitrogen and oxygen atoms in total. The standard InChI is InChI=1S/C70H112O6/c1-4-7-10-13-16-19-22-25-28-30-32-33-34-35-36-37-39-40-42-45-48-51-54-57-60-63-69(72)75-66-67(65-74-68(71)62-59-56-53-50-47-44-27-24-21-18-15-12-9-6-3)76-70(73)64-61-58-55-52-49-46-43-41-38-31-29-26-23-20-17-14-11-8-5-2/h7-8,10-11,15-20,24-29,32-33,35-36,38,41,46,49,67H,4-6,9,12-14,21-23,30-31,34,37,39-40,42-45,47-48,50-66H2,1-3H3/b10-7-,11-8-,18-15-,19-16-,20-17-,27-24-,28-25-,29-26-,33-32-,36-35-,41-38-,49-46-. The summed E-state index contributed by atoms with van der Waals surface area (Å²) in [4.78, 5) is 38.3. The normalized spacial score (nSPS) is 13.1. The molecule has 0 saturated carbocycles. The number of carbonyl (C=O) groups excluding carboxylic acids is 3. The topological polar surface area (TPSA) is 78.9 Å². The molecule has 0 aliphatic carbocycles. The molecule has 0 aromatic heterocycles. The number of esters is 3. The van der Waals surface area contributed by atoms with Crippen LogP contribution < -0.4 is 0 Å². The van der Waals surface area contributed by atoms with Crippen molar-refractivity contribution in [3.05, 3.63) is 146 Å². The molecule has 0 radical (unpaired) electrons. The fraction of sp³-hybridized carbons (Fsp3) is 0.614. The Kier molecular flexibility index (Phi) is 58.9. The summed E-state index contributed by atoms with van der Waals surface area (Å²) in [5.41, 5.74) is 0. The predicted molar refractivity (Wildman–Crippen MR) is 329 cm³/mol. The number of carbonyl (C=O) groups is 3. The number of ether oxygens (including phenoxy) is 3. The Bertz CT molecular complexity index is 1680. The summed E-state index contributed by atoms with van der Waals surface area (Å²) in [6.07, 6.45) is 89.8. The van der Waals surface area contributed by atoms with Crippen LogP contribution in [0.2, 0.25) is 0 Å². The largest absolute Gasteiger partial charge is 0.462 e. The molecule has 1 unspecified atom stereocenters. The Morgan fingerprint density at radius 2 is 0.513 bits per heavy atom. The third kappa shape index (κ3) is 60.2. The Morgan fingerprint density at radius 3 is 0.816 bits per heavy atom. The van der Waals surface area contributed by atoms with Gasteiger partial charge in [-0.25, -0.2) is 0 Å². The Balaban J connectivity index is 4.45. The molecule has 0 spiro atoms. The maximum Gasteiger partial charge on any atom is 0.306 e. The van der Waals surface area contributed by atoms with Gasteiger partial charge in [0, 0.05) is 19.3 Å². The highest BCUT2D eigenvalue weighted by molar-refractivity contribution is 5.71. The van der Waals surface area contributed by atoms with Gasteiger partial charge >= 0.3 is 17.9 Å². The van der Waals surface area contributed by atoms with E-state index >= 15 is 0 Å². The number of unbranched alkanes of at least 4 members (excludes halogenated alkanes) is 19. The van der Waals surface area contributed by atoms with Gasteiger partial charge in [-0.3, -0.25) is 14.4 Å². The zero-order valence-corrected chi connectivity index (χ0v) is 49.0. The van der Waals surface area contributed by atoms with Crippen molar-refractivity contribution in [2.24, 2.45) is 0 Å². The maximum absolute atomic E-state index is 12.9. The predicted octanol–water partition coefficient (Wildman–Crippen LogP) is 21.2. The molecular formula is C70H112O6. The molecule has 76 heavy (non-hydrogen) atoms. The lowest BCUT2D eigenvalue weighted by Crippen LogP contribution is -2.30. The Morgan fingerprint density at radius 1 is 0.276 bits per heavy atom. The van der Waals surface area contributed by atoms with E-state index in [1.54, 1.807) is 0 Å². The van der Waals surface area contributed by atoms with Gasteiger partial charge in [0.2, 0.25) is 0 Å². The van der Waals surface area contributed by atoms with E-state index in [-0.39, 0.29) is 37.5 Å². The molecule has 1 atom stereocenters. The SMILES string of the molecule is CC/C=C\C/C=C\C/C=C\C/C=C\C/C=C\CCCCCCCCCCCC(=O)OCC(COC(=O)CCCCCCC/C=C\C/C=C\CCCC)OC(=O)CCCCC/C=C\C/C=C\C/C=C\C/C=C\C/C=C\CC. The van der Waals surface area contributed by atoms with E-state index in [2.05, 4.69) is 167 Å². The van der Waals surface area contributed by atoms with Crippen LogP contribution in [0.4, 0.5) is 0 Å². The summed E-state index contributed by atoms with van der Waals surface area (Å²) in [6.45, 7) is 6.32. The van der Waals surface area contributed by atoms with Crippen LogP contribution in [0, 0.1) is 0 Å². The van der Waals surface area contributed by atoms with Crippen molar-refractivity contribution in [1.82, 2.24) is 0 Å². The zero-order chi connectivity index (χ0) is 55.0. The molecule has 0 aliphatic rings. The zero-order valence-electron chi connectivity index (χ0n) is 49.0. The summed E-state index contributed by atoms with van der Waals surface area (Å²) >= 11 is 0. The second kappa shape index (κ2) is 62.8. The fourth-order valence-corrected chi connectivity index (χ4v) is 7.98. The lowest BCUT2D eigenvalue weighted by atomic mass is 10.1. The lowest BCUT2D eigenvalue weighted by Gasteiger charge is -2.18. The van der Waals surface area contributed by atoms with Crippen molar-refractivity contribution >= 4 is 17.9 Å². The van der Waals surface area contributed by atoms with Gasteiger partial charge in [-0.1, -0.05) is 250 Å². The van der Waals surface area contributed by atoms with Crippen LogP contribution in [-0.2, 0) is 28.6 Å². The van der Waals surface area contributed by atoms with Gasteiger partial charge in [-0.15, -0.1) is 0 Å². The van der Waals surface area contributed by atoms with Crippen LogP contribution in [0.3, 0.4) is 0 Å². The first kappa shape index (κ1) is 71.3. The minimum absolute atomic E-state index is 0.105. The van der Waals surface area contributed by atoms with E-state index in [4.69, 9.17) is 14.2 Å². The van der Waals surface area contributed by atoms with Crippen LogP contribution in [-0.4, -0.2) is 37.2 Å². The summed E-state index contributed by atoms with van der Waals surface area (Å²) < 4.78 is 16.9. The molecule has 6 heteroatoms. The number of hydrogen-bond donors (Lipinski definition) is 0. The summed E-state index contributed by atoms with van der Waals surface area (Å²) in [5.74, 6) is -0.959. The van der Waals surface area contributed by atoms with Gasteiger partial charge in [-0.2, -0.15) is 0 Å². The van der Waals surface area contributed by atoms with Gasteiger partial charge in [0.15, 0.2) is 6.10 Å². The van der Waals surface area contributed by atoms with Crippen molar-refractivity contribution in [2.75, 3.05) is 13.2 Å². The van der Waals surface area contributed by atoms with Crippen molar-refractivity contribution < 1.29 is 28.6 Å². The summed E-state index contributed by atoms with van der Waals surface area (Å²) in [5, 5.41) is 0. The van der Waals surface area contributed by atoms with E-state index in [1.807, 2.05) is 0 Å². The van der Waals surface area contributed by atoms with Crippen molar-refractivity contribution in [2.45, 2.75) is 264 Å². The minimum atomic E-state index is -0.811. The molecule has 0 aromatic carbocycles. The van der Waals surface area contributed by atoms with Crippen molar-refractivity contribution in [1.29, 1.82) is 0 Å². The molecule has 0 bridgehead atoms. The Labute approximate surface area is 467 Å². The smallest absolute Gasteiger partial charge is 0.306 e. The van der Waals surface area contributed by atoms with Gasteiger partial charge < -0.3 is 14.2 Å². The second-order valence-electron chi connectivity index (χ2n) is 19.8. The quantitative estimate of drug-likeness (QED) is 0.0261. The maximum atomic E-state index is 12.9. The third-order valence-corrected chi connectivity index (χ3v) is 12.6. The van der Waals surface area contributed by atoms with E-state index < -0.39 is 6.10 Å². The summed E-state index contributed by atoms with van der Waals surface area (Å²) in [6, 6.07) is 0. The second-order valence-corrected chi connectivity index (χ2v) is 19.8. The van der Waals surface area contributed by atoms with Crippen LogP contribution in [0.5, 0.6) is 0 Å². The highest BCUT2D eigenvalue weighted by Crippen LogP contribution is 2.14. The monoisotopic (exact) mass is 1050 g/mol. The summed E-state index contributed by atoms with van der Waals surface area (Å²) in [7, 11) is 0. The average molecular weight is 1050 g/mol. The molecular weight excluding hydrogens is 937 g/mol. The van der Waals surface area contributed by atoms with Crippen LogP contribution >= 0.6 is 0 Å². The minimum Gasteiger partial charge on any atom is -0.462 e. The molecule has 0 heterocycles. The van der Waals surface area contributed by atoms with E-state index in [0.717, 1.165) is 154 Å². The molecule has 0 fully saturated rings. The molecule has 0 aromatic rings.